The first-order valence-electron chi connectivity index (χ1n) is 33.0. The Morgan fingerprint density at radius 1 is 0.843 bits per heavy atom. The second kappa shape index (κ2) is 20.3. The van der Waals surface area contributed by atoms with Crippen molar-refractivity contribution in [1.82, 2.24) is 10.6 Å². The van der Waals surface area contributed by atoms with Crippen molar-refractivity contribution >= 4 is 44.8 Å². The summed E-state index contributed by atoms with van der Waals surface area (Å²) in [6.07, 6.45) is 34.6. The van der Waals surface area contributed by atoms with Gasteiger partial charge < -0.3 is 26.0 Å². The number of aliphatic hydroxyl groups excluding tert-OH is 2. The molecule has 16 atom stereocenters. The van der Waals surface area contributed by atoms with Gasteiger partial charge in [-0.05, 0) is 199 Å². The Labute approximate surface area is 501 Å². The number of carbonyl (C=O) groups is 1. The third kappa shape index (κ3) is 7.77. The van der Waals surface area contributed by atoms with Crippen LogP contribution < -0.4 is 21.1 Å². The monoisotopic (exact) mass is 1140 g/mol. The lowest BCUT2D eigenvalue weighted by molar-refractivity contribution is -0.193. The van der Waals surface area contributed by atoms with Crippen LogP contribution in [0.2, 0.25) is 0 Å². The van der Waals surface area contributed by atoms with Gasteiger partial charge in [-0.1, -0.05) is 181 Å². The molecule has 3 aromatic rings. The van der Waals surface area contributed by atoms with Gasteiger partial charge in [0.2, 0.25) is 0 Å². The van der Waals surface area contributed by atoms with Gasteiger partial charge in [0.15, 0.2) is 0 Å². The molecule has 4 spiro atoms. The van der Waals surface area contributed by atoms with Gasteiger partial charge in [0, 0.05) is 64.0 Å². The zero-order valence-corrected chi connectivity index (χ0v) is 50.7. The normalized spacial score (nSPS) is 41.5. The highest BCUT2D eigenvalue weighted by Gasteiger charge is 2.82. The van der Waals surface area contributed by atoms with Crippen molar-refractivity contribution < 1.29 is 20.1 Å². The Balaban J connectivity index is 0.949. The number of aliphatic carboxylic acids is 1. The Morgan fingerprint density at radius 3 is 2.55 bits per heavy atom. The molecule has 8 heteroatoms. The minimum absolute atomic E-state index is 0.00694. The van der Waals surface area contributed by atoms with Crippen LogP contribution in [0.15, 0.2) is 138 Å². The van der Waals surface area contributed by atoms with Crippen LogP contribution in [-0.2, 0) is 23.4 Å². The van der Waals surface area contributed by atoms with Crippen molar-refractivity contribution in [3.05, 3.63) is 171 Å². The van der Waals surface area contributed by atoms with E-state index in [4.69, 9.17) is 6.58 Å². The molecule has 3 aromatic carbocycles. The topological polar surface area (TPSA) is 102 Å². The highest BCUT2D eigenvalue weighted by molar-refractivity contribution is 8.76. The minimum Gasteiger partial charge on any atom is -0.481 e. The molecule has 0 saturated heterocycles. The van der Waals surface area contributed by atoms with Crippen LogP contribution in [0.4, 0.5) is 0 Å². The minimum atomic E-state index is -0.695. The number of dihydropyridines is 1. The number of carboxylic acids is 1. The van der Waals surface area contributed by atoms with Gasteiger partial charge in [-0.25, -0.2) is 0 Å². The molecule has 434 valence electrons. The Morgan fingerprint density at radius 2 is 1.70 bits per heavy atom. The first kappa shape index (κ1) is 54.0. The predicted octanol–water partition coefficient (Wildman–Crippen LogP) is 13.8. The molecular formula is C75H88N2O4S2. The van der Waals surface area contributed by atoms with E-state index in [-0.39, 0.29) is 57.2 Å². The van der Waals surface area contributed by atoms with Crippen molar-refractivity contribution in [2.24, 2.45) is 86.3 Å². The van der Waals surface area contributed by atoms with E-state index in [9.17, 15) is 20.1 Å². The molecule has 0 radical (unpaired) electrons. The van der Waals surface area contributed by atoms with E-state index in [2.05, 4.69) is 138 Å². The molecule has 0 aromatic heterocycles. The predicted molar refractivity (Wildman–Crippen MR) is 339 cm³/mol. The highest BCUT2D eigenvalue weighted by atomic mass is 33.1. The zero-order valence-electron chi connectivity index (χ0n) is 49.1. The number of fused-ring (bicyclic) bond motifs is 3. The first-order chi connectivity index (χ1) is 40.5. The van der Waals surface area contributed by atoms with E-state index in [1.54, 1.807) is 11.1 Å². The average Bonchev–Trinajstić information content (AvgIpc) is 1.75. The maximum Gasteiger partial charge on any atom is 0.306 e. The van der Waals surface area contributed by atoms with E-state index in [1.807, 2.05) is 10.8 Å². The van der Waals surface area contributed by atoms with Crippen molar-refractivity contribution in [3.8, 4) is 0 Å². The SMILES string of the molecule is C=C1CC[C@@H](C(=O)O)[C@H]2[C@H](O)[C@H]3CCC[C@@]24[C@@H]2CC5=C6[C@H](CSSCc7ccccc7C[C@@H](C2)C[C@@]634)[C@@]23C=CC[C@]4(C)[C@@H](O)CC[C@@]5([C@@H]5C=c6ccccc6=C(Cc6cccc(c6)C6=CC=C(NCCC[C@H]1C1CCCCC1)NC6)C5=C2)[C@@H]34. The van der Waals surface area contributed by atoms with Crippen LogP contribution in [0, 0.1) is 86.3 Å². The molecule has 20 rings (SSSR count). The van der Waals surface area contributed by atoms with E-state index >= 15 is 0 Å². The molecule has 0 amide bonds. The van der Waals surface area contributed by atoms with E-state index in [0.29, 0.717) is 30.6 Å². The summed E-state index contributed by atoms with van der Waals surface area (Å²) in [6.45, 7) is 9.12. The summed E-state index contributed by atoms with van der Waals surface area (Å²) in [6, 6.07) is 28.1. The van der Waals surface area contributed by atoms with Gasteiger partial charge in [-0.3, -0.25) is 4.79 Å². The molecular weight excluding hydrogens is 1060 g/mol. The number of carboxylic acid groups (broad SMARTS) is 1. The standard InChI is InChI=1S/C75H88N2O4S2/c1-45-24-26-57(69(80)81)66-68(79)60-23-11-31-74(66)54-36-47-35-50-17-6-7-19-53(50)43-82-83-44-63-67(75(60,74)40-47)62(39-54)73-32-28-64(78)71(2)29-13-30-72(63,70(71)73)41-59-58(56-21-9-8-18-51(56)38-61(59)73)37-46-14-10-20-49(34-46)52-25-27-65(77-42-52)76-33-12-22-55(45)48-15-4-3-5-16-48/h6-10,13-14,17-21,25,27,30,34,38,41,47-48,54-55,57,60-61,63-64,66,68,70,76-79H,1,3-5,11-12,15-16,22-24,26,28-29,31-33,35-37,39-40,42-44H2,2H3,(H,80,81)/t47-,54-,55+,57+,60+,61+,63-,64-,66-,68+,70+,71+,72+,73-,74+,75-/m0/s1. The molecule has 5 N–H and O–H groups in total. The van der Waals surface area contributed by atoms with Gasteiger partial charge in [0.25, 0.3) is 0 Å². The summed E-state index contributed by atoms with van der Waals surface area (Å²) in [5.74, 6) is 3.38. The molecule has 7 aliphatic heterocycles. The fraction of sp³-hybridized carbons (Fsp3) is 0.560. The summed E-state index contributed by atoms with van der Waals surface area (Å²) in [7, 11) is 4.13. The molecule has 18 bridgehead atoms. The van der Waals surface area contributed by atoms with E-state index < -0.39 is 29.5 Å². The summed E-state index contributed by atoms with van der Waals surface area (Å²) in [5.41, 5.74) is 12.8. The number of rotatable bonds is 2. The Hall–Kier alpha value is -4.47. The van der Waals surface area contributed by atoms with Gasteiger partial charge >= 0.3 is 5.97 Å². The summed E-state index contributed by atoms with van der Waals surface area (Å²) < 4.78 is 0. The van der Waals surface area contributed by atoms with Gasteiger partial charge in [-0.2, -0.15) is 0 Å². The number of hydrogen-bond acceptors (Lipinski definition) is 7. The lowest BCUT2D eigenvalue weighted by Crippen LogP contribution is -2.72. The quantitative estimate of drug-likeness (QED) is 0.128. The smallest absolute Gasteiger partial charge is 0.306 e. The number of allylic oxidation sites excluding steroid dienone is 9. The fourth-order valence-corrected chi connectivity index (χ4v) is 26.1. The molecule has 83 heavy (non-hydrogen) atoms. The van der Waals surface area contributed by atoms with Crippen LogP contribution in [0.1, 0.15) is 145 Å². The lowest BCUT2D eigenvalue weighted by Gasteiger charge is -2.77. The largest absolute Gasteiger partial charge is 0.481 e. The molecule has 5 saturated carbocycles. The number of aliphatic hydroxyl groups is 2. The lowest BCUT2D eigenvalue weighted by atomic mass is 9.27. The summed E-state index contributed by atoms with van der Waals surface area (Å²) in [4.78, 5) is 14.8. The molecule has 7 heterocycles. The third-order valence-electron chi connectivity index (χ3n) is 26.2. The van der Waals surface area contributed by atoms with Crippen LogP contribution in [-0.4, -0.2) is 52.3 Å². The maximum atomic E-state index is 14.8. The zero-order chi connectivity index (χ0) is 56.0. The van der Waals surface area contributed by atoms with Gasteiger partial charge in [-0.15, -0.1) is 0 Å². The van der Waals surface area contributed by atoms with E-state index in [0.717, 1.165) is 114 Å². The Kier molecular flexibility index (Phi) is 13.2. The second-order valence-electron chi connectivity index (χ2n) is 29.4. The Bertz CT molecular complexity index is 3480. The summed E-state index contributed by atoms with van der Waals surface area (Å²) in [5, 5.41) is 49.4. The van der Waals surface area contributed by atoms with Gasteiger partial charge in [0.1, 0.15) is 0 Å². The second-order valence-corrected chi connectivity index (χ2v) is 31.9. The molecule has 5 fully saturated rings. The van der Waals surface area contributed by atoms with Crippen LogP contribution in [0.25, 0.3) is 17.2 Å². The molecule has 0 unspecified atom stereocenters. The molecule has 6 nitrogen and oxygen atoms in total. The number of benzene rings is 3. The average molecular weight is 1150 g/mol. The van der Waals surface area contributed by atoms with Crippen LogP contribution >= 0.6 is 21.6 Å². The van der Waals surface area contributed by atoms with Crippen molar-refractivity contribution in [1.29, 1.82) is 0 Å². The fourth-order valence-electron chi connectivity index (χ4n) is 23.6. The van der Waals surface area contributed by atoms with Crippen molar-refractivity contribution in [2.75, 3.05) is 18.8 Å². The summed E-state index contributed by atoms with van der Waals surface area (Å²) >= 11 is 0. The van der Waals surface area contributed by atoms with Crippen LogP contribution in [0.5, 0.6) is 0 Å². The van der Waals surface area contributed by atoms with Gasteiger partial charge in [0.05, 0.1) is 23.9 Å². The van der Waals surface area contributed by atoms with Crippen LogP contribution in [0.3, 0.4) is 0 Å². The van der Waals surface area contributed by atoms with E-state index in [1.165, 1.54) is 87.1 Å². The molecule has 10 aliphatic carbocycles. The molecule has 17 aliphatic rings. The highest BCUT2D eigenvalue weighted by Crippen LogP contribution is 2.87. The maximum absolute atomic E-state index is 14.8. The third-order valence-corrected chi connectivity index (χ3v) is 28.5. The van der Waals surface area contributed by atoms with Crippen molar-refractivity contribution in [2.45, 2.75) is 153 Å². The first-order valence-corrected chi connectivity index (χ1v) is 35.5. The number of hydrogen-bond donors (Lipinski definition) is 5. The number of nitrogens with one attached hydrogen (secondary N) is 2. The van der Waals surface area contributed by atoms with Crippen molar-refractivity contribution in [3.63, 3.8) is 0 Å².